The molecular formula is C19H32Ca2KMgNO32S2Zn. The van der Waals surface area contributed by atoms with Crippen LogP contribution in [0.4, 0.5) is 4.79 Å². The van der Waals surface area contributed by atoms with Crippen LogP contribution in [0.15, 0.2) is 0 Å². The molecule has 8 unspecified atom stereocenters. The molecule has 0 heterocycles. The third-order valence-corrected chi connectivity index (χ3v) is 4.25. The van der Waals surface area contributed by atoms with Crippen LogP contribution in [-0.4, -0.2) is 304 Å². The first-order chi connectivity index (χ1) is 23.3. The number of aliphatic hydroxyl groups is 11. The summed E-state index contributed by atoms with van der Waals surface area (Å²) in [7, 11) is -10.3. The molecule has 33 nitrogen and oxygen atoms in total. The van der Waals surface area contributed by atoms with Gasteiger partial charge in [-0.05, 0) is 0 Å². The Balaban J connectivity index is -0.0000000463. The normalized spacial score (nSPS) is 13.7. The monoisotopic (exact) mass is 1060 g/mol. The van der Waals surface area contributed by atoms with Gasteiger partial charge >= 0.3 is 176 Å². The minimum absolute atomic E-state index is 0. The quantitative estimate of drug-likeness (QED) is 0.0411. The van der Waals surface area contributed by atoms with E-state index >= 15 is 0 Å². The zero-order valence-corrected chi connectivity index (χ0v) is 43.4. The summed E-state index contributed by atoms with van der Waals surface area (Å²) in [5.41, 5.74) is -2.97. The fourth-order valence-corrected chi connectivity index (χ4v) is 2.01. The van der Waals surface area contributed by atoms with Gasteiger partial charge in [-0.3, -0.25) is 16.8 Å². The number of aliphatic hydroxyl groups excluding tert-OH is 10. The Morgan fingerprint density at radius 1 is 0.542 bits per heavy atom. The van der Waals surface area contributed by atoms with Gasteiger partial charge in [0.05, 0.1) is 31.1 Å². The number of rotatable bonds is 15. The first kappa shape index (κ1) is 91.0. The van der Waals surface area contributed by atoms with E-state index in [-0.39, 0.29) is 176 Å². The summed E-state index contributed by atoms with van der Waals surface area (Å²) in [6.45, 7) is -1.73. The van der Waals surface area contributed by atoms with Gasteiger partial charge in [-0.15, -0.1) is 0 Å². The summed E-state index contributed by atoms with van der Waals surface area (Å²) in [6.07, 6.45) is -20.7. The molecule has 0 aromatic heterocycles. The Morgan fingerprint density at radius 3 is 0.814 bits per heavy atom. The van der Waals surface area contributed by atoms with Crippen LogP contribution in [-0.2, 0) is 64.2 Å². The van der Waals surface area contributed by atoms with Crippen molar-refractivity contribution in [2.75, 3.05) is 13.2 Å². The summed E-state index contributed by atoms with van der Waals surface area (Å²) in [5, 5.41) is 160. The Bertz CT molecular complexity index is 1250. The first-order valence-corrected chi connectivity index (χ1v) is 14.7. The van der Waals surface area contributed by atoms with Crippen LogP contribution in [0.1, 0.15) is 12.8 Å². The molecule has 0 fully saturated rings. The molecule has 0 radical (unpaired) electrons. The number of carboxylic acids is 5. The average molecular weight is 1060 g/mol. The Kier molecular flexibility index (Phi) is 73.1. The van der Waals surface area contributed by atoms with E-state index in [0.29, 0.717) is 0 Å². The van der Waals surface area contributed by atoms with E-state index in [0.717, 1.165) is 0 Å². The van der Waals surface area contributed by atoms with Crippen LogP contribution in [0.5, 0.6) is 0 Å². The molecule has 40 heteroatoms. The van der Waals surface area contributed by atoms with E-state index in [2.05, 4.69) is 0 Å². The van der Waals surface area contributed by atoms with Gasteiger partial charge in [0.1, 0.15) is 54.4 Å². The Morgan fingerprint density at radius 2 is 0.712 bits per heavy atom. The number of carboxylic acid groups (broad SMARTS) is 7. The molecule has 0 spiro atoms. The minimum atomic E-state index is -5.17. The molecule has 0 aliphatic heterocycles. The molecule has 0 aromatic carbocycles. The topological polar surface area (TPSA) is 676 Å². The predicted molar refractivity (Wildman–Crippen MR) is 155 cm³/mol. The Hall–Kier alpha value is 1.43. The third-order valence-electron chi connectivity index (χ3n) is 4.25. The molecule has 8 atom stereocenters. The smallest absolute Gasteiger partial charge is 0.759 e. The van der Waals surface area contributed by atoms with E-state index < -0.39 is 137 Å². The molecule has 0 saturated heterocycles. The minimum Gasteiger partial charge on any atom is -0.759 e. The zero-order valence-electron chi connectivity index (χ0n) is 29.9. The fourth-order valence-electron chi connectivity index (χ4n) is 2.01. The molecule has 0 saturated carbocycles. The van der Waals surface area contributed by atoms with E-state index in [1.807, 2.05) is 0 Å². The van der Waals surface area contributed by atoms with Gasteiger partial charge in [0.2, 0.25) is 0 Å². The maximum absolute atomic E-state index is 10.1. The SMILES string of the molecule is N.O=C(O)O.O=C([O-])C(O)C(O)C(O)C(O)CO.O=C([O-])C(O)C(O)C(O)C(O)CO.O=C([O-])CC(O)(CC(=O)[O-])C(=O)[O-].O=S(=O)([O-])[O-].O=S(=O)([O-])[O-].[Ca+2].[Ca+2].[K+].[Mg+2].[Zn+2]. The molecule has 0 aromatic rings. The van der Waals surface area contributed by atoms with Gasteiger partial charge in [-0.1, -0.05) is 0 Å². The number of hydrogen-bond donors (Lipinski definition) is 14. The standard InChI is InChI=1S/C6H8O7.2C6H12O7.CH2O3.2Ca.K.Mg.H3N.2H2O4S.Zn/c7-3(8)1-6(13,5(11)12)2-4(9)10;2*7-1-2(8)3(9)4(10)5(11)6(12)13;2-1(3)4;;;;;;2*1-5(2,3)4;/h13H,1-2H2,(H,7,8)(H,9,10)(H,11,12);2*2-5,7-11H,1H2,(H,12,13);(H2,2,3,4);;;;;1H3;2*(H2,1,2,3,4);/q;;;;2*+2;+1;+2;;;;+2/p-9. The van der Waals surface area contributed by atoms with E-state index in [1.54, 1.807) is 0 Å². The van der Waals surface area contributed by atoms with Gasteiger partial charge < -0.3 is 140 Å². The van der Waals surface area contributed by atoms with Crippen molar-refractivity contribution < 1.29 is 227 Å². The average Bonchev–Trinajstić information content (AvgIpc) is 2.95. The van der Waals surface area contributed by atoms with Crippen LogP contribution < -0.4 is 83.1 Å². The predicted octanol–water partition coefficient (Wildman–Crippen LogP) is -21.3. The van der Waals surface area contributed by atoms with Crippen molar-refractivity contribution in [3.63, 3.8) is 0 Å². The van der Waals surface area contributed by atoms with Crippen molar-refractivity contribution in [1.82, 2.24) is 6.15 Å². The second-order valence-corrected chi connectivity index (χ2v) is 10.1. The van der Waals surface area contributed by atoms with Crippen molar-refractivity contribution >= 4 is 155 Å². The summed E-state index contributed by atoms with van der Waals surface area (Å²) in [6, 6.07) is 0. The molecule has 0 bridgehead atoms. The Labute approximate surface area is 461 Å². The zero-order chi connectivity index (χ0) is 44.4. The fraction of sp³-hybridized carbons (Fsp3) is 0.684. The van der Waals surface area contributed by atoms with Gasteiger partial charge in [0.15, 0.2) is 0 Å². The van der Waals surface area contributed by atoms with Gasteiger partial charge in [0, 0.05) is 45.6 Å². The van der Waals surface area contributed by atoms with Crippen LogP contribution in [0.2, 0.25) is 0 Å². The van der Waals surface area contributed by atoms with Crippen molar-refractivity contribution in [1.29, 1.82) is 0 Å². The second kappa shape index (κ2) is 47.4. The van der Waals surface area contributed by atoms with Crippen LogP contribution >= 0.6 is 0 Å². The molecule has 59 heavy (non-hydrogen) atoms. The van der Waals surface area contributed by atoms with Crippen molar-refractivity contribution in [2.24, 2.45) is 0 Å². The van der Waals surface area contributed by atoms with E-state index in [1.165, 1.54) is 0 Å². The molecular weight excluding hydrogens is 1030 g/mol. The van der Waals surface area contributed by atoms with Crippen molar-refractivity contribution in [3.05, 3.63) is 0 Å². The maximum Gasteiger partial charge on any atom is 2.00 e. The van der Waals surface area contributed by atoms with E-state index in [9.17, 15) is 49.5 Å². The molecule has 0 rings (SSSR count). The molecule has 0 aliphatic rings. The van der Waals surface area contributed by atoms with Gasteiger partial charge in [0.25, 0.3) is 0 Å². The summed E-state index contributed by atoms with van der Waals surface area (Å²) < 4.78 is 68.2. The molecule has 0 aliphatic carbocycles. The maximum atomic E-state index is 10.1. The summed E-state index contributed by atoms with van der Waals surface area (Å²) >= 11 is 0. The second-order valence-electron chi connectivity index (χ2n) is 8.51. The molecule has 0 amide bonds. The number of carbonyl (C=O) groups excluding carboxylic acids is 5. The number of aliphatic carboxylic acids is 5. The van der Waals surface area contributed by atoms with Gasteiger partial charge in [-0.2, -0.15) is 0 Å². The van der Waals surface area contributed by atoms with Gasteiger partial charge in [-0.25, -0.2) is 4.79 Å². The summed E-state index contributed by atoms with van der Waals surface area (Å²) in [5.74, 6) is -9.94. The van der Waals surface area contributed by atoms with E-state index in [4.69, 9.17) is 106 Å². The van der Waals surface area contributed by atoms with Crippen LogP contribution in [0, 0.1) is 0 Å². The summed E-state index contributed by atoms with van der Waals surface area (Å²) in [4.78, 5) is 58.5. The molecule has 326 valence electrons. The van der Waals surface area contributed by atoms with Crippen molar-refractivity contribution in [3.8, 4) is 0 Å². The van der Waals surface area contributed by atoms with Crippen LogP contribution in [0.25, 0.3) is 0 Å². The number of hydrogen-bond acceptors (Lipinski definition) is 31. The number of carbonyl (C=O) groups is 6. The largest absolute Gasteiger partial charge is 2.00 e. The third kappa shape index (κ3) is 68.7. The first-order valence-electron chi connectivity index (χ1n) is 12.0. The molecule has 16 N–H and O–H groups in total. The van der Waals surface area contributed by atoms with Crippen molar-refractivity contribution in [2.45, 2.75) is 67.3 Å². The van der Waals surface area contributed by atoms with Crippen LogP contribution in [0.3, 0.4) is 0 Å².